The van der Waals surface area contributed by atoms with Gasteiger partial charge >= 0.3 is 0 Å². The van der Waals surface area contributed by atoms with E-state index in [1.807, 2.05) is 67.6 Å². The van der Waals surface area contributed by atoms with Gasteiger partial charge in [0.25, 0.3) is 5.69 Å². The van der Waals surface area contributed by atoms with E-state index < -0.39 is 14.9 Å². The van der Waals surface area contributed by atoms with Crippen molar-refractivity contribution in [2.45, 2.75) is 18.4 Å². The van der Waals surface area contributed by atoms with Crippen molar-refractivity contribution < 1.29 is 18.1 Å². The van der Waals surface area contributed by atoms with Gasteiger partial charge in [0.15, 0.2) is 0 Å². The normalized spacial score (nSPS) is 14.6. The molecule has 0 N–H and O–H groups in total. The van der Waals surface area contributed by atoms with Gasteiger partial charge in [-0.1, -0.05) is 54.1 Å². The zero-order valence-corrected chi connectivity index (χ0v) is 25.5. The van der Waals surface area contributed by atoms with Crippen molar-refractivity contribution in [3.63, 3.8) is 0 Å². The molecule has 1 fully saturated rings. The van der Waals surface area contributed by atoms with Crippen molar-refractivity contribution in [1.82, 2.24) is 18.6 Å². The van der Waals surface area contributed by atoms with E-state index in [-0.39, 0.29) is 28.7 Å². The molecule has 6 rings (SSSR count). The first kappa shape index (κ1) is 29.8. The number of nitro benzene ring substituents is 1. The molecule has 12 heteroatoms. The van der Waals surface area contributed by atoms with Gasteiger partial charge in [-0.2, -0.15) is 4.31 Å². The molecule has 0 amide bonds. The number of pyridine rings is 1. The fourth-order valence-electron chi connectivity index (χ4n) is 5.46. The molecule has 1 aliphatic rings. The Kier molecular flexibility index (Phi) is 8.37. The molecule has 1 aliphatic heterocycles. The molecule has 0 bridgehead atoms. The highest BCUT2D eigenvalue weighted by molar-refractivity contribution is 7.89. The molecular formula is C32H30ClN5O5S. The van der Waals surface area contributed by atoms with Crippen LogP contribution in [-0.2, 0) is 16.6 Å². The number of ether oxygens (including phenoxy) is 1. The largest absolute Gasteiger partial charge is 0.494 e. The van der Waals surface area contributed by atoms with Crippen LogP contribution in [0.25, 0.3) is 28.0 Å². The number of imidazole rings is 1. The zero-order chi connectivity index (χ0) is 30.8. The molecule has 10 nitrogen and oxygen atoms in total. The molecule has 0 unspecified atom stereocenters. The standard InChI is InChI=1S/C32H30ClN5O5S/c1-2-43-27-10-6-9-24(19-27)25-11-14-31-34-32(23-7-4-3-5-8-23)29(37(31)21-25)22-35-15-17-36(18-16-35)44(41,42)30-20-26(38(39)40)12-13-28(30)33/h3-14,19-21H,2,15-18,22H2,1H3. The highest BCUT2D eigenvalue weighted by Gasteiger charge is 2.32. The van der Waals surface area contributed by atoms with Crippen molar-refractivity contribution in [1.29, 1.82) is 0 Å². The molecule has 0 radical (unpaired) electrons. The summed E-state index contributed by atoms with van der Waals surface area (Å²) in [4.78, 5) is 17.6. The van der Waals surface area contributed by atoms with Gasteiger partial charge in [0.1, 0.15) is 16.3 Å². The van der Waals surface area contributed by atoms with E-state index in [0.717, 1.165) is 45.5 Å². The summed E-state index contributed by atoms with van der Waals surface area (Å²) in [6.07, 6.45) is 2.08. The monoisotopic (exact) mass is 631 g/mol. The number of nitro groups is 1. The number of halogens is 1. The van der Waals surface area contributed by atoms with Gasteiger partial charge in [0, 0.05) is 56.6 Å². The molecule has 0 spiro atoms. The van der Waals surface area contributed by atoms with Crippen LogP contribution in [0.3, 0.4) is 0 Å². The lowest BCUT2D eigenvalue weighted by atomic mass is 10.1. The zero-order valence-electron chi connectivity index (χ0n) is 24.0. The fourth-order valence-corrected chi connectivity index (χ4v) is 7.37. The van der Waals surface area contributed by atoms with Crippen LogP contribution in [0.2, 0.25) is 5.02 Å². The maximum atomic E-state index is 13.4. The van der Waals surface area contributed by atoms with E-state index >= 15 is 0 Å². The molecule has 1 saturated heterocycles. The minimum atomic E-state index is -4.02. The summed E-state index contributed by atoms with van der Waals surface area (Å²) in [5.41, 5.74) is 5.38. The molecule has 226 valence electrons. The maximum Gasteiger partial charge on any atom is 0.270 e. The summed E-state index contributed by atoms with van der Waals surface area (Å²) in [7, 11) is -4.02. The molecular weight excluding hydrogens is 602 g/mol. The van der Waals surface area contributed by atoms with Gasteiger partial charge < -0.3 is 9.14 Å². The van der Waals surface area contributed by atoms with Crippen molar-refractivity contribution in [3.05, 3.63) is 112 Å². The second-order valence-corrected chi connectivity index (χ2v) is 12.7. The van der Waals surface area contributed by atoms with Gasteiger partial charge in [-0.15, -0.1) is 0 Å². The smallest absolute Gasteiger partial charge is 0.270 e. The minimum absolute atomic E-state index is 0.0427. The van der Waals surface area contributed by atoms with E-state index in [1.165, 1.54) is 16.4 Å². The van der Waals surface area contributed by atoms with Crippen LogP contribution in [0.1, 0.15) is 12.6 Å². The number of rotatable bonds is 9. The lowest BCUT2D eigenvalue weighted by Gasteiger charge is -2.34. The number of hydrogen-bond acceptors (Lipinski definition) is 7. The molecule has 3 aromatic carbocycles. The third kappa shape index (κ3) is 5.91. The molecule has 0 saturated carbocycles. The first-order valence-electron chi connectivity index (χ1n) is 14.2. The first-order chi connectivity index (χ1) is 21.2. The molecule has 3 heterocycles. The maximum absolute atomic E-state index is 13.4. The third-order valence-electron chi connectivity index (χ3n) is 7.69. The van der Waals surface area contributed by atoms with Crippen LogP contribution in [0.5, 0.6) is 5.75 Å². The Morgan fingerprint density at radius 3 is 2.39 bits per heavy atom. The average Bonchev–Trinajstić information content (AvgIpc) is 3.39. The summed E-state index contributed by atoms with van der Waals surface area (Å²) in [5.74, 6) is 0.806. The number of hydrogen-bond donors (Lipinski definition) is 0. The second kappa shape index (κ2) is 12.4. The number of piperazine rings is 1. The van der Waals surface area contributed by atoms with Crippen LogP contribution < -0.4 is 4.74 Å². The molecule has 44 heavy (non-hydrogen) atoms. The van der Waals surface area contributed by atoms with E-state index in [2.05, 4.69) is 21.6 Å². The Labute approximate surface area is 260 Å². The van der Waals surface area contributed by atoms with Crippen LogP contribution in [0.15, 0.2) is 96.0 Å². The highest BCUT2D eigenvalue weighted by atomic mass is 35.5. The Bertz CT molecular complexity index is 1940. The Balaban J connectivity index is 1.29. The summed E-state index contributed by atoms with van der Waals surface area (Å²) < 4.78 is 36.0. The van der Waals surface area contributed by atoms with E-state index in [9.17, 15) is 18.5 Å². The summed E-state index contributed by atoms with van der Waals surface area (Å²) in [5, 5.41) is 11.2. The molecule has 2 aromatic heterocycles. The molecule has 0 aliphatic carbocycles. The van der Waals surface area contributed by atoms with Crippen molar-refractivity contribution in [2.75, 3.05) is 32.8 Å². The summed E-state index contributed by atoms with van der Waals surface area (Å²) in [6, 6.07) is 25.5. The summed E-state index contributed by atoms with van der Waals surface area (Å²) >= 11 is 6.19. The Morgan fingerprint density at radius 2 is 1.66 bits per heavy atom. The number of nitrogens with zero attached hydrogens (tertiary/aromatic N) is 5. The van der Waals surface area contributed by atoms with Crippen LogP contribution in [0, 0.1) is 10.1 Å². The van der Waals surface area contributed by atoms with Crippen LogP contribution in [-0.4, -0.2) is 64.7 Å². The van der Waals surface area contributed by atoms with Gasteiger partial charge in [-0.25, -0.2) is 13.4 Å². The highest BCUT2D eigenvalue weighted by Crippen LogP contribution is 2.32. The van der Waals surface area contributed by atoms with Crippen molar-refractivity contribution in [3.8, 4) is 28.1 Å². The Hall–Kier alpha value is -4.29. The van der Waals surface area contributed by atoms with E-state index in [0.29, 0.717) is 26.2 Å². The molecule has 0 atom stereocenters. The predicted octanol–water partition coefficient (Wildman–Crippen LogP) is 6.14. The number of fused-ring (bicyclic) bond motifs is 1. The van der Waals surface area contributed by atoms with Gasteiger partial charge in [0.05, 0.1) is 27.9 Å². The lowest BCUT2D eigenvalue weighted by molar-refractivity contribution is -0.385. The third-order valence-corrected chi connectivity index (χ3v) is 10.1. The summed E-state index contributed by atoms with van der Waals surface area (Å²) in [6.45, 7) is 4.44. The topological polar surface area (TPSA) is 110 Å². The fraction of sp³-hybridized carbons (Fsp3) is 0.219. The van der Waals surface area contributed by atoms with Gasteiger partial charge in [0.2, 0.25) is 10.0 Å². The second-order valence-electron chi connectivity index (χ2n) is 10.4. The Morgan fingerprint density at radius 1 is 0.909 bits per heavy atom. The number of sulfonamides is 1. The number of non-ortho nitro benzene ring substituents is 1. The van der Waals surface area contributed by atoms with Crippen LogP contribution >= 0.6 is 11.6 Å². The van der Waals surface area contributed by atoms with E-state index in [4.69, 9.17) is 21.3 Å². The average molecular weight is 632 g/mol. The predicted molar refractivity (Wildman–Crippen MR) is 169 cm³/mol. The van der Waals surface area contributed by atoms with Crippen molar-refractivity contribution in [2.24, 2.45) is 0 Å². The lowest BCUT2D eigenvalue weighted by Crippen LogP contribution is -2.48. The van der Waals surface area contributed by atoms with Gasteiger partial charge in [-0.3, -0.25) is 15.0 Å². The number of benzene rings is 3. The van der Waals surface area contributed by atoms with Crippen molar-refractivity contribution >= 4 is 33.0 Å². The SMILES string of the molecule is CCOc1cccc(-c2ccc3nc(-c4ccccc4)c(CN4CCN(S(=O)(=O)c5cc([N+](=O)[O-])ccc5Cl)CC4)n3c2)c1. The number of aromatic nitrogens is 2. The minimum Gasteiger partial charge on any atom is -0.494 e. The van der Waals surface area contributed by atoms with Crippen LogP contribution in [0.4, 0.5) is 5.69 Å². The van der Waals surface area contributed by atoms with E-state index in [1.54, 1.807) is 0 Å². The van der Waals surface area contributed by atoms with Gasteiger partial charge in [-0.05, 0) is 48.4 Å². The first-order valence-corrected chi connectivity index (χ1v) is 16.0. The molecule has 5 aromatic rings. The quantitative estimate of drug-likeness (QED) is 0.142.